The summed E-state index contributed by atoms with van der Waals surface area (Å²) >= 11 is 0. The van der Waals surface area contributed by atoms with E-state index in [9.17, 15) is 13.2 Å². The summed E-state index contributed by atoms with van der Waals surface area (Å²) < 4.78 is 24.2. The fourth-order valence-electron chi connectivity index (χ4n) is 1.18. The average molecular weight is 229 g/mol. The van der Waals surface area contributed by atoms with Crippen molar-refractivity contribution in [2.75, 3.05) is 11.0 Å². The van der Waals surface area contributed by atoms with Crippen molar-refractivity contribution in [3.05, 3.63) is 29.3 Å². The quantitative estimate of drug-likeness (QED) is 0.811. The Kier molecular flexibility index (Phi) is 2.99. The second-order valence-corrected chi connectivity index (χ2v) is 4.91. The molecule has 0 amide bonds. The lowest BCUT2D eigenvalue weighted by molar-refractivity contribution is 0.0696. The van der Waals surface area contributed by atoms with Gasteiger partial charge < -0.3 is 5.11 Å². The molecular weight excluding hydrogens is 218 g/mol. The number of anilines is 1. The van der Waals surface area contributed by atoms with Crippen LogP contribution in [0.1, 0.15) is 15.9 Å². The molecule has 2 N–H and O–H groups in total. The van der Waals surface area contributed by atoms with E-state index in [0.717, 1.165) is 6.26 Å². The third-order valence-corrected chi connectivity index (χ3v) is 2.45. The maximum absolute atomic E-state index is 11.0. The molecule has 0 atom stereocenters. The summed E-state index contributed by atoms with van der Waals surface area (Å²) in [7, 11) is -3.39. The molecule has 0 radical (unpaired) electrons. The molecule has 15 heavy (non-hydrogen) atoms. The van der Waals surface area contributed by atoms with Crippen LogP contribution in [0.15, 0.2) is 18.2 Å². The van der Waals surface area contributed by atoms with Gasteiger partial charge in [-0.1, -0.05) is 6.07 Å². The molecule has 0 saturated heterocycles. The third-order valence-electron chi connectivity index (χ3n) is 1.86. The Balaban J connectivity index is 3.22. The molecule has 0 aliphatic heterocycles. The number of benzene rings is 1. The zero-order valence-electron chi connectivity index (χ0n) is 8.31. The Morgan fingerprint density at radius 2 is 2.00 bits per heavy atom. The van der Waals surface area contributed by atoms with Crippen molar-refractivity contribution in [1.82, 2.24) is 0 Å². The molecule has 0 aliphatic rings. The Bertz CT molecular complexity index is 493. The molecule has 0 saturated carbocycles. The summed E-state index contributed by atoms with van der Waals surface area (Å²) in [5.41, 5.74) is 0.775. The van der Waals surface area contributed by atoms with Crippen LogP contribution in [0.4, 0.5) is 5.69 Å². The molecule has 0 aromatic heterocycles. The number of carbonyl (C=O) groups is 1. The third kappa shape index (κ3) is 2.95. The fourth-order valence-corrected chi connectivity index (χ4v) is 1.80. The largest absolute Gasteiger partial charge is 0.478 e. The molecule has 0 spiro atoms. The van der Waals surface area contributed by atoms with E-state index in [1.807, 2.05) is 0 Å². The van der Waals surface area contributed by atoms with Crippen LogP contribution in [0, 0.1) is 6.92 Å². The van der Waals surface area contributed by atoms with Crippen LogP contribution >= 0.6 is 0 Å². The molecule has 5 nitrogen and oxygen atoms in total. The van der Waals surface area contributed by atoms with Crippen LogP contribution in [0.5, 0.6) is 0 Å². The van der Waals surface area contributed by atoms with Gasteiger partial charge in [0.25, 0.3) is 0 Å². The van der Waals surface area contributed by atoms with Gasteiger partial charge in [-0.05, 0) is 24.6 Å². The van der Waals surface area contributed by atoms with E-state index >= 15 is 0 Å². The van der Waals surface area contributed by atoms with E-state index in [4.69, 9.17) is 5.11 Å². The number of rotatable bonds is 3. The van der Waals surface area contributed by atoms with Gasteiger partial charge in [-0.3, -0.25) is 4.72 Å². The Labute approximate surface area is 87.8 Å². The first-order valence-electron chi connectivity index (χ1n) is 4.12. The minimum absolute atomic E-state index is 0.0867. The highest BCUT2D eigenvalue weighted by Gasteiger charge is 2.11. The van der Waals surface area contributed by atoms with Crippen LogP contribution < -0.4 is 4.72 Å². The van der Waals surface area contributed by atoms with Crippen LogP contribution in [0.2, 0.25) is 0 Å². The molecule has 1 rings (SSSR count). The van der Waals surface area contributed by atoms with Gasteiger partial charge in [0.1, 0.15) is 0 Å². The molecule has 0 aliphatic carbocycles. The summed E-state index contributed by atoms with van der Waals surface area (Å²) in [4.78, 5) is 10.8. The zero-order valence-corrected chi connectivity index (χ0v) is 9.13. The first kappa shape index (κ1) is 11.5. The minimum Gasteiger partial charge on any atom is -0.478 e. The smallest absolute Gasteiger partial charge is 0.336 e. The fraction of sp³-hybridized carbons (Fsp3) is 0.222. The Hall–Kier alpha value is -1.56. The molecule has 0 fully saturated rings. The van der Waals surface area contributed by atoms with E-state index in [-0.39, 0.29) is 11.3 Å². The summed E-state index contributed by atoms with van der Waals surface area (Å²) in [5.74, 6) is -1.08. The van der Waals surface area contributed by atoms with Crippen molar-refractivity contribution in [1.29, 1.82) is 0 Å². The van der Waals surface area contributed by atoms with Gasteiger partial charge in [0.15, 0.2) is 0 Å². The number of carboxylic acid groups (broad SMARTS) is 1. The maximum atomic E-state index is 11.0. The van der Waals surface area contributed by atoms with Gasteiger partial charge in [-0.2, -0.15) is 0 Å². The van der Waals surface area contributed by atoms with Crippen molar-refractivity contribution < 1.29 is 18.3 Å². The average Bonchev–Trinajstić information content (AvgIpc) is 2.05. The molecular formula is C9H11NO4S. The standard InChI is InChI=1S/C9H11NO4S/c1-6-7(9(11)12)4-3-5-8(6)10-15(2,13)14/h3-5,10H,1-2H3,(H,11,12). The van der Waals surface area contributed by atoms with Gasteiger partial charge in [0.05, 0.1) is 17.5 Å². The lowest BCUT2D eigenvalue weighted by Gasteiger charge is -2.09. The van der Waals surface area contributed by atoms with Gasteiger partial charge in [-0.25, -0.2) is 13.2 Å². The number of hydrogen-bond donors (Lipinski definition) is 2. The van der Waals surface area contributed by atoms with Crippen molar-refractivity contribution >= 4 is 21.7 Å². The highest BCUT2D eigenvalue weighted by atomic mass is 32.2. The molecule has 0 bridgehead atoms. The van der Waals surface area contributed by atoms with Crippen molar-refractivity contribution in [2.24, 2.45) is 0 Å². The first-order valence-corrected chi connectivity index (χ1v) is 6.01. The lowest BCUT2D eigenvalue weighted by Crippen LogP contribution is -2.12. The van der Waals surface area contributed by atoms with Crippen molar-refractivity contribution in [2.45, 2.75) is 6.92 Å². The Morgan fingerprint density at radius 3 is 2.47 bits per heavy atom. The van der Waals surface area contributed by atoms with E-state index < -0.39 is 16.0 Å². The van der Waals surface area contributed by atoms with Gasteiger partial charge in [-0.15, -0.1) is 0 Å². The van der Waals surface area contributed by atoms with E-state index in [1.165, 1.54) is 18.2 Å². The van der Waals surface area contributed by atoms with E-state index in [1.54, 1.807) is 6.92 Å². The number of sulfonamides is 1. The number of aromatic carboxylic acids is 1. The monoisotopic (exact) mass is 229 g/mol. The number of nitrogens with one attached hydrogen (secondary N) is 1. The van der Waals surface area contributed by atoms with Crippen LogP contribution in [-0.4, -0.2) is 25.7 Å². The minimum atomic E-state index is -3.39. The van der Waals surface area contributed by atoms with Crippen molar-refractivity contribution in [3.63, 3.8) is 0 Å². The first-order chi connectivity index (χ1) is 6.81. The molecule has 6 heteroatoms. The van der Waals surface area contributed by atoms with E-state index in [2.05, 4.69) is 4.72 Å². The normalized spacial score (nSPS) is 11.1. The Morgan fingerprint density at radius 1 is 1.40 bits per heavy atom. The molecule has 1 aromatic carbocycles. The van der Waals surface area contributed by atoms with Crippen molar-refractivity contribution in [3.8, 4) is 0 Å². The molecule has 0 heterocycles. The van der Waals surface area contributed by atoms with Crippen LogP contribution in [-0.2, 0) is 10.0 Å². The van der Waals surface area contributed by atoms with E-state index in [0.29, 0.717) is 5.56 Å². The molecule has 82 valence electrons. The number of carboxylic acids is 1. The number of hydrogen-bond acceptors (Lipinski definition) is 3. The summed E-state index contributed by atoms with van der Waals surface area (Å²) in [6, 6.07) is 4.43. The predicted octanol–water partition coefficient (Wildman–Crippen LogP) is 1.06. The topological polar surface area (TPSA) is 83.5 Å². The lowest BCUT2D eigenvalue weighted by atomic mass is 10.1. The highest BCUT2D eigenvalue weighted by Crippen LogP contribution is 2.19. The van der Waals surface area contributed by atoms with Crippen LogP contribution in [0.3, 0.4) is 0 Å². The summed E-state index contributed by atoms with van der Waals surface area (Å²) in [6.07, 6.45) is 1.01. The zero-order chi connectivity index (χ0) is 11.6. The predicted molar refractivity (Wildman–Crippen MR) is 56.6 cm³/mol. The second kappa shape index (κ2) is 3.90. The van der Waals surface area contributed by atoms with Gasteiger partial charge in [0, 0.05) is 0 Å². The SMILES string of the molecule is Cc1c(NS(C)(=O)=O)cccc1C(=O)O. The van der Waals surface area contributed by atoms with Crippen LogP contribution in [0.25, 0.3) is 0 Å². The van der Waals surface area contributed by atoms with Gasteiger partial charge in [0.2, 0.25) is 10.0 Å². The van der Waals surface area contributed by atoms with Gasteiger partial charge >= 0.3 is 5.97 Å². The molecule has 1 aromatic rings. The summed E-state index contributed by atoms with van der Waals surface area (Å²) in [5, 5.41) is 8.81. The molecule has 0 unspecified atom stereocenters. The second-order valence-electron chi connectivity index (χ2n) is 3.16. The summed E-state index contributed by atoms with van der Waals surface area (Å²) in [6.45, 7) is 1.55. The highest BCUT2D eigenvalue weighted by molar-refractivity contribution is 7.92. The maximum Gasteiger partial charge on any atom is 0.336 e.